The van der Waals surface area contributed by atoms with Crippen LogP contribution in [0.3, 0.4) is 0 Å². The van der Waals surface area contributed by atoms with Crippen molar-refractivity contribution in [2.75, 3.05) is 37.2 Å². The summed E-state index contributed by atoms with van der Waals surface area (Å²) in [6.45, 7) is 10.4. The Morgan fingerprint density at radius 1 is 1.21 bits per heavy atom. The highest BCUT2D eigenvalue weighted by atomic mass is 35.5. The molecule has 0 aliphatic heterocycles. The van der Waals surface area contributed by atoms with Crippen LogP contribution in [-0.2, 0) is 6.42 Å². The van der Waals surface area contributed by atoms with Crippen molar-refractivity contribution in [1.82, 2.24) is 14.9 Å². The number of rotatable bonds is 8. The van der Waals surface area contributed by atoms with Crippen LogP contribution in [0.1, 0.15) is 33.0 Å². The average Bonchev–Trinajstić information content (AvgIpc) is 2.43. The number of nitrogens with one attached hydrogen (secondary N) is 1. The Hall–Kier alpha value is -1.07. The van der Waals surface area contributed by atoms with Crippen LogP contribution in [-0.4, -0.2) is 41.0 Å². The van der Waals surface area contributed by atoms with Crippen molar-refractivity contribution in [2.24, 2.45) is 0 Å². The van der Waals surface area contributed by atoms with Gasteiger partial charge >= 0.3 is 0 Å². The highest BCUT2D eigenvalue weighted by Crippen LogP contribution is 2.23. The van der Waals surface area contributed by atoms with E-state index in [1.54, 1.807) is 0 Å². The number of nitrogens with two attached hydrogens (primary N) is 1. The monoisotopic (exact) mass is 285 g/mol. The minimum absolute atomic E-state index is 0.332. The maximum Gasteiger partial charge on any atom is 0.157 e. The van der Waals surface area contributed by atoms with Crippen LogP contribution in [0.4, 0.5) is 11.5 Å². The van der Waals surface area contributed by atoms with Crippen LogP contribution in [0, 0.1) is 0 Å². The smallest absolute Gasteiger partial charge is 0.157 e. The first-order valence-corrected chi connectivity index (χ1v) is 7.28. The maximum absolute atomic E-state index is 5.98. The van der Waals surface area contributed by atoms with Crippen molar-refractivity contribution in [2.45, 2.75) is 33.6 Å². The lowest BCUT2D eigenvalue weighted by Gasteiger charge is -2.18. The summed E-state index contributed by atoms with van der Waals surface area (Å²) in [5.41, 5.74) is 6.30. The molecular formula is C13H24ClN5. The van der Waals surface area contributed by atoms with Gasteiger partial charge in [0.25, 0.3) is 0 Å². The molecule has 0 radical (unpaired) electrons. The molecule has 0 aromatic carbocycles. The predicted octanol–water partition coefficient (Wildman–Crippen LogP) is 2.42. The van der Waals surface area contributed by atoms with Crippen molar-refractivity contribution in [3.8, 4) is 0 Å². The number of anilines is 2. The average molecular weight is 286 g/mol. The summed E-state index contributed by atoms with van der Waals surface area (Å²) >= 11 is 5.98. The first kappa shape index (κ1) is 16.0. The molecule has 1 heterocycles. The molecule has 1 aromatic rings. The zero-order valence-electron chi connectivity index (χ0n) is 12.0. The van der Waals surface area contributed by atoms with Crippen molar-refractivity contribution < 1.29 is 0 Å². The number of hydrogen-bond donors (Lipinski definition) is 2. The number of aromatic nitrogens is 2. The molecule has 0 atom stereocenters. The molecule has 19 heavy (non-hydrogen) atoms. The Kier molecular flexibility index (Phi) is 6.87. The van der Waals surface area contributed by atoms with Crippen LogP contribution in [0.5, 0.6) is 0 Å². The highest BCUT2D eigenvalue weighted by Gasteiger charge is 2.09. The topological polar surface area (TPSA) is 67.1 Å². The molecule has 0 spiro atoms. The Morgan fingerprint density at radius 3 is 2.47 bits per heavy atom. The third kappa shape index (κ3) is 4.84. The van der Waals surface area contributed by atoms with E-state index in [4.69, 9.17) is 17.3 Å². The Morgan fingerprint density at radius 2 is 1.89 bits per heavy atom. The van der Waals surface area contributed by atoms with Gasteiger partial charge < -0.3 is 16.0 Å². The summed E-state index contributed by atoms with van der Waals surface area (Å²) in [4.78, 5) is 10.9. The number of aryl methyl sites for hydroxylation is 1. The second kappa shape index (κ2) is 8.17. The molecule has 5 nitrogen and oxygen atoms in total. The predicted molar refractivity (Wildman–Crippen MR) is 81.7 cm³/mol. The van der Waals surface area contributed by atoms with Gasteiger partial charge in [0.15, 0.2) is 11.0 Å². The molecular weight excluding hydrogens is 262 g/mol. The lowest BCUT2D eigenvalue weighted by atomic mass is 10.3. The van der Waals surface area contributed by atoms with Gasteiger partial charge in [0.05, 0.1) is 0 Å². The van der Waals surface area contributed by atoms with Gasteiger partial charge in [-0.1, -0.05) is 32.4 Å². The van der Waals surface area contributed by atoms with Gasteiger partial charge in [-0.15, -0.1) is 0 Å². The van der Waals surface area contributed by atoms with Crippen molar-refractivity contribution in [1.29, 1.82) is 0 Å². The quantitative estimate of drug-likeness (QED) is 0.567. The molecule has 1 aromatic heterocycles. The molecule has 0 bridgehead atoms. The van der Waals surface area contributed by atoms with E-state index in [9.17, 15) is 0 Å². The Balaban J connectivity index is 2.51. The van der Waals surface area contributed by atoms with E-state index in [1.807, 2.05) is 6.92 Å². The van der Waals surface area contributed by atoms with Crippen LogP contribution < -0.4 is 11.1 Å². The molecule has 0 aliphatic carbocycles. The molecule has 1 rings (SSSR count). The lowest BCUT2D eigenvalue weighted by molar-refractivity contribution is 0.303. The second-order valence-electron chi connectivity index (χ2n) is 4.35. The van der Waals surface area contributed by atoms with E-state index in [-0.39, 0.29) is 0 Å². The molecule has 0 unspecified atom stereocenters. The third-order valence-corrected chi connectivity index (χ3v) is 3.39. The van der Waals surface area contributed by atoms with Gasteiger partial charge in [0.2, 0.25) is 0 Å². The number of hydrogen-bond acceptors (Lipinski definition) is 5. The van der Waals surface area contributed by atoms with E-state index in [2.05, 4.69) is 34.0 Å². The van der Waals surface area contributed by atoms with Gasteiger partial charge in [0.1, 0.15) is 11.5 Å². The van der Waals surface area contributed by atoms with Gasteiger partial charge in [0, 0.05) is 13.0 Å². The summed E-state index contributed by atoms with van der Waals surface area (Å²) in [7, 11) is 0. The fraction of sp³-hybridized carbons (Fsp3) is 0.692. The van der Waals surface area contributed by atoms with E-state index in [0.717, 1.165) is 39.0 Å². The fourth-order valence-corrected chi connectivity index (χ4v) is 2.01. The number of halogens is 1. The molecule has 0 saturated heterocycles. The SMILES string of the molecule is CCc1nc(Cl)c(N)c(NCCCN(CC)CC)n1. The van der Waals surface area contributed by atoms with Crippen LogP contribution in [0.15, 0.2) is 0 Å². The van der Waals surface area contributed by atoms with Gasteiger partial charge in [-0.2, -0.15) is 0 Å². The molecule has 6 heteroatoms. The summed E-state index contributed by atoms with van der Waals surface area (Å²) in [5.74, 6) is 1.36. The summed E-state index contributed by atoms with van der Waals surface area (Å²) in [6, 6.07) is 0. The van der Waals surface area contributed by atoms with Crippen molar-refractivity contribution in [3.63, 3.8) is 0 Å². The minimum atomic E-state index is 0.332. The van der Waals surface area contributed by atoms with E-state index in [0.29, 0.717) is 22.5 Å². The summed E-state index contributed by atoms with van der Waals surface area (Å²) in [6.07, 6.45) is 1.79. The van der Waals surface area contributed by atoms with E-state index in [1.165, 1.54) is 0 Å². The maximum atomic E-state index is 5.98. The van der Waals surface area contributed by atoms with Crippen LogP contribution >= 0.6 is 11.6 Å². The van der Waals surface area contributed by atoms with Crippen molar-refractivity contribution in [3.05, 3.63) is 11.0 Å². The molecule has 0 saturated carbocycles. The third-order valence-electron chi connectivity index (χ3n) is 3.10. The molecule has 108 valence electrons. The number of nitrogen functional groups attached to an aromatic ring is 1. The normalized spacial score (nSPS) is 11.0. The second-order valence-corrected chi connectivity index (χ2v) is 4.71. The molecule has 3 N–H and O–H groups in total. The summed E-state index contributed by atoms with van der Waals surface area (Å²) in [5, 5.41) is 3.58. The zero-order chi connectivity index (χ0) is 14.3. The van der Waals surface area contributed by atoms with E-state index >= 15 is 0 Å². The van der Waals surface area contributed by atoms with Gasteiger partial charge in [-0.25, -0.2) is 9.97 Å². The fourth-order valence-electron chi connectivity index (χ4n) is 1.83. The number of nitrogens with zero attached hydrogens (tertiary/aromatic N) is 3. The standard InChI is InChI=1S/C13H24ClN5/c1-4-10-17-12(14)11(15)13(18-10)16-8-7-9-19(5-2)6-3/h4-9,15H2,1-3H3,(H,16,17,18). The first-order valence-electron chi connectivity index (χ1n) is 6.90. The largest absolute Gasteiger partial charge is 0.393 e. The van der Waals surface area contributed by atoms with Crippen LogP contribution in [0.2, 0.25) is 5.15 Å². The Bertz CT molecular complexity index is 393. The van der Waals surface area contributed by atoms with Crippen LogP contribution in [0.25, 0.3) is 0 Å². The van der Waals surface area contributed by atoms with Gasteiger partial charge in [-0.05, 0) is 26.1 Å². The lowest BCUT2D eigenvalue weighted by Crippen LogP contribution is -2.25. The summed E-state index contributed by atoms with van der Waals surface area (Å²) < 4.78 is 0. The molecule has 0 aliphatic rings. The molecule has 0 fully saturated rings. The molecule has 0 amide bonds. The highest BCUT2D eigenvalue weighted by molar-refractivity contribution is 6.32. The Labute approximate surface area is 120 Å². The van der Waals surface area contributed by atoms with E-state index < -0.39 is 0 Å². The van der Waals surface area contributed by atoms with Crippen molar-refractivity contribution >= 4 is 23.1 Å². The first-order chi connectivity index (χ1) is 9.12. The zero-order valence-corrected chi connectivity index (χ0v) is 12.8. The van der Waals surface area contributed by atoms with Gasteiger partial charge in [-0.3, -0.25) is 0 Å². The minimum Gasteiger partial charge on any atom is -0.393 e.